The molecule has 162 valence electrons. The van der Waals surface area contributed by atoms with Crippen LogP contribution in [0.4, 0.5) is 4.39 Å². The maximum atomic E-state index is 14.1. The van der Waals surface area contributed by atoms with Crippen LogP contribution in [0.15, 0.2) is 40.9 Å². The van der Waals surface area contributed by atoms with Crippen LogP contribution in [0, 0.1) is 12.7 Å². The molecular formula is C22H20BrFN2O5. The number of carboxylic acids is 1. The van der Waals surface area contributed by atoms with Gasteiger partial charge in [0.15, 0.2) is 11.6 Å². The van der Waals surface area contributed by atoms with E-state index in [-0.39, 0.29) is 18.4 Å². The van der Waals surface area contributed by atoms with Gasteiger partial charge >= 0.3 is 5.97 Å². The molecule has 7 nitrogen and oxygen atoms in total. The lowest BCUT2D eigenvalue weighted by Crippen LogP contribution is -2.35. The number of fused-ring (bicyclic) bond motifs is 1. The summed E-state index contributed by atoms with van der Waals surface area (Å²) in [5.74, 6) is -3.38. The molecule has 1 heterocycles. The molecule has 31 heavy (non-hydrogen) atoms. The molecule has 9 heteroatoms. The predicted molar refractivity (Wildman–Crippen MR) is 116 cm³/mol. The first-order valence-electron chi connectivity index (χ1n) is 9.42. The van der Waals surface area contributed by atoms with E-state index in [0.29, 0.717) is 22.2 Å². The molecule has 0 fully saturated rings. The zero-order chi connectivity index (χ0) is 22.9. The summed E-state index contributed by atoms with van der Waals surface area (Å²) in [6.07, 6.45) is -0.404. The van der Waals surface area contributed by atoms with Crippen LogP contribution in [0.25, 0.3) is 10.9 Å². The number of aromatic nitrogens is 1. The average Bonchev–Trinajstić information content (AvgIpc) is 2.92. The molecule has 1 amide bonds. The molecular weight excluding hydrogens is 471 g/mol. The summed E-state index contributed by atoms with van der Waals surface area (Å²) in [6, 6.07) is 8.31. The second-order valence-corrected chi connectivity index (χ2v) is 8.19. The molecule has 2 aromatic carbocycles. The minimum Gasteiger partial charge on any atom is -0.505 e. The van der Waals surface area contributed by atoms with Crippen molar-refractivity contribution >= 4 is 44.6 Å². The number of benzene rings is 2. The number of hydrogen-bond donors (Lipinski definition) is 3. The zero-order valence-electron chi connectivity index (χ0n) is 16.8. The number of rotatable bonds is 6. The van der Waals surface area contributed by atoms with Gasteiger partial charge < -0.3 is 15.5 Å². The maximum Gasteiger partial charge on any atom is 0.305 e. The third-order valence-electron chi connectivity index (χ3n) is 4.92. The van der Waals surface area contributed by atoms with Crippen LogP contribution in [-0.2, 0) is 16.0 Å². The molecule has 0 saturated carbocycles. The SMILES string of the molecule is Cc1c(CC(=O)NC(C)CC(=O)O)c2cc(O)c(F)cc2n1C(=O)c1ccc(Br)cc1. The van der Waals surface area contributed by atoms with E-state index in [9.17, 15) is 23.9 Å². The van der Waals surface area contributed by atoms with Crippen molar-refractivity contribution in [2.75, 3.05) is 0 Å². The Bertz CT molecular complexity index is 1190. The standard InChI is InChI=1S/C22H20BrFN2O5/c1-11(7-21(29)30)25-20(28)9-15-12(2)26(18-10-17(24)19(27)8-16(15)18)22(31)13-3-5-14(23)6-4-13/h3-6,8,10-11,27H,7,9H2,1-2H3,(H,25,28)(H,29,30). The number of carboxylic acid groups (broad SMARTS) is 1. The number of nitrogens with zero attached hydrogens (tertiary/aromatic N) is 1. The quantitative estimate of drug-likeness (QED) is 0.487. The third-order valence-corrected chi connectivity index (χ3v) is 5.45. The summed E-state index contributed by atoms with van der Waals surface area (Å²) in [5, 5.41) is 21.7. The molecule has 0 radical (unpaired) electrons. The van der Waals surface area contributed by atoms with Crippen molar-refractivity contribution in [3.05, 3.63) is 63.5 Å². The number of carbonyl (C=O) groups is 3. The summed E-state index contributed by atoms with van der Waals surface area (Å²) in [6.45, 7) is 3.20. The van der Waals surface area contributed by atoms with E-state index in [4.69, 9.17) is 5.11 Å². The van der Waals surface area contributed by atoms with Gasteiger partial charge in [0.2, 0.25) is 5.91 Å². The second kappa shape index (κ2) is 8.89. The van der Waals surface area contributed by atoms with Gasteiger partial charge in [-0.05, 0) is 49.7 Å². The van der Waals surface area contributed by atoms with E-state index in [1.807, 2.05) is 0 Å². The van der Waals surface area contributed by atoms with Gasteiger partial charge in [0.05, 0.1) is 18.4 Å². The van der Waals surface area contributed by atoms with Gasteiger partial charge in [-0.2, -0.15) is 0 Å². The Kier molecular flexibility index (Phi) is 6.45. The number of halogens is 2. The van der Waals surface area contributed by atoms with Crippen molar-refractivity contribution in [3.8, 4) is 5.75 Å². The predicted octanol–water partition coefficient (Wildman–Crippen LogP) is 3.77. The third kappa shape index (κ3) is 4.77. The molecule has 0 saturated heterocycles. The molecule has 0 aliphatic heterocycles. The Morgan fingerprint density at radius 1 is 1.19 bits per heavy atom. The minimum atomic E-state index is -1.04. The molecule has 3 aromatic rings. The second-order valence-electron chi connectivity index (χ2n) is 7.28. The van der Waals surface area contributed by atoms with Crippen molar-refractivity contribution in [2.45, 2.75) is 32.7 Å². The van der Waals surface area contributed by atoms with Gasteiger partial charge in [-0.25, -0.2) is 4.39 Å². The van der Waals surface area contributed by atoms with Crippen molar-refractivity contribution in [1.29, 1.82) is 0 Å². The zero-order valence-corrected chi connectivity index (χ0v) is 18.4. The van der Waals surface area contributed by atoms with Crippen molar-refractivity contribution in [1.82, 2.24) is 9.88 Å². The van der Waals surface area contributed by atoms with E-state index in [1.54, 1.807) is 38.1 Å². The lowest BCUT2D eigenvalue weighted by Gasteiger charge is -2.12. The number of amides is 1. The van der Waals surface area contributed by atoms with Gasteiger partial charge in [0.25, 0.3) is 5.91 Å². The fourth-order valence-corrected chi connectivity index (χ4v) is 3.76. The molecule has 1 aromatic heterocycles. The van der Waals surface area contributed by atoms with Crippen LogP contribution in [0.1, 0.15) is 35.0 Å². The van der Waals surface area contributed by atoms with E-state index in [1.165, 1.54) is 10.6 Å². The number of aliphatic carboxylic acids is 1. The highest BCUT2D eigenvalue weighted by atomic mass is 79.9. The largest absolute Gasteiger partial charge is 0.505 e. The van der Waals surface area contributed by atoms with Crippen LogP contribution in [0.5, 0.6) is 5.75 Å². The van der Waals surface area contributed by atoms with Crippen molar-refractivity contribution in [2.24, 2.45) is 0 Å². The molecule has 3 N–H and O–H groups in total. The normalized spacial score (nSPS) is 12.0. The summed E-state index contributed by atoms with van der Waals surface area (Å²) in [5.41, 5.74) is 1.45. The van der Waals surface area contributed by atoms with E-state index >= 15 is 0 Å². The lowest BCUT2D eigenvalue weighted by molar-refractivity contribution is -0.137. The summed E-state index contributed by atoms with van der Waals surface area (Å²) < 4.78 is 16.2. The molecule has 0 spiro atoms. The van der Waals surface area contributed by atoms with Gasteiger partial charge in [-0.3, -0.25) is 19.0 Å². The lowest BCUT2D eigenvalue weighted by atomic mass is 10.1. The fraction of sp³-hybridized carbons (Fsp3) is 0.227. The molecule has 1 atom stereocenters. The Labute approximate surface area is 185 Å². The van der Waals surface area contributed by atoms with E-state index in [2.05, 4.69) is 21.2 Å². The highest BCUT2D eigenvalue weighted by Gasteiger charge is 2.23. The minimum absolute atomic E-state index is 0.169. The van der Waals surface area contributed by atoms with Crippen LogP contribution in [-0.4, -0.2) is 38.6 Å². The topological polar surface area (TPSA) is 109 Å². The Balaban J connectivity index is 2.06. The first kappa shape index (κ1) is 22.5. The van der Waals surface area contributed by atoms with E-state index in [0.717, 1.165) is 10.5 Å². The average molecular weight is 491 g/mol. The maximum absolute atomic E-state index is 14.1. The Morgan fingerprint density at radius 3 is 2.45 bits per heavy atom. The molecule has 0 aliphatic carbocycles. The number of carbonyl (C=O) groups excluding carboxylic acids is 2. The highest BCUT2D eigenvalue weighted by Crippen LogP contribution is 2.32. The fourth-order valence-electron chi connectivity index (χ4n) is 3.49. The summed E-state index contributed by atoms with van der Waals surface area (Å²) in [7, 11) is 0. The van der Waals surface area contributed by atoms with Crippen LogP contribution in [0.3, 0.4) is 0 Å². The van der Waals surface area contributed by atoms with Crippen LogP contribution >= 0.6 is 15.9 Å². The number of hydrogen-bond acceptors (Lipinski definition) is 4. The highest BCUT2D eigenvalue weighted by molar-refractivity contribution is 9.10. The number of phenols is 1. The number of phenolic OH excluding ortho intramolecular Hbond substituents is 1. The summed E-state index contributed by atoms with van der Waals surface area (Å²) in [4.78, 5) is 36.5. The molecule has 0 aliphatic rings. The van der Waals surface area contributed by atoms with Crippen LogP contribution < -0.4 is 5.32 Å². The Morgan fingerprint density at radius 2 is 1.84 bits per heavy atom. The molecule has 3 rings (SSSR count). The first-order valence-corrected chi connectivity index (χ1v) is 10.2. The number of nitrogens with one attached hydrogen (secondary N) is 1. The van der Waals surface area contributed by atoms with Crippen molar-refractivity contribution < 1.29 is 29.0 Å². The number of aromatic hydroxyl groups is 1. The van der Waals surface area contributed by atoms with E-state index < -0.39 is 35.4 Å². The van der Waals surface area contributed by atoms with Gasteiger partial charge in [0.1, 0.15) is 0 Å². The van der Waals surface area contributed by atoms with Crippen molar-refractivity contribution in [3.63, 3.8) is 0 Å². The first-order chi connectivity index (χ1) is 14.6. The molecule has 0 bridgehead atoms. The van der Waals surface area contributed by atoms with Crippen LogP contribution in [0.2, 0.25) is 0 Å². The molecule has 1 unspecified atom stereocenters. The van der Waals surface area contributed by atoms with Gasteiger partial charge in [-0.1, -0.05) is 15.9 Å². The summed E-state index contributed by atoms with van der Waals surface area (Å²) >= 11 is 3.31. The Hall–Kier alpha value is -3.20. The smallest absolute Gasteiger partial charge is 0.305 e. The van der Waals surface area contributed by atoms with Gasteiger partial charge in [-0.15, -0.1) is 0 Å². The monoisotopic (exact) mass is 490 g/mol. The van der Waals surface area contributed by atoms with Gasteiger partial charge in [0, 0.05) is 33.2 Å².